The monoisotopic (exact) mass is 422 g/mol. The third-order valence-electron chi connectivity index (χ3n) is 4.16. The second kappa shape index (κ2) is 7.20. The standard InChI is InChI=1S/C20H15BrN4O2/c21-15-8-4-7-14(9-15)17-10-18(26)25-19(24-17)16(12-23-25)20(27)22-11-13-5-2-1-3-6-13/h1-10,12,23H,11H2,(H,22,27). The molecule has 0 bridgehead atoms. The van der Waals surface area contributed by atoms with Crippen molar-refractivity contribution in [3.8, 4) is 11.3 Å². The summed E-state index contributed by atoms with van der Waals surface area (Å²) in [5, 5.41) is 5.66. The molecule has 27 heavy (non-hydrogen) atoms. The average molecular weight is 423 g/mol. The molecule has 0 aliphatic heterocycles. The van der Waals surface area contributed by atoms with Gasteiger partial charge in [0.25, 0.3) is 11.5 Å². The predicted molar refractivity (Wildman–Crippen MR) is 107 cm³/mol. The summed E-state index contributed by atoms with van der Waals surface area (Å²) in [5.41, 5.74) is 2.63. The highest BCUT2D eigenvalue weighted by Gasteiger charge is 2.16. The SMILES string of the molecule is O=C(NCc1ccccc1)c1c[nH]n2c(=O)cc(-c3cccc(Br)c3)nc12. The van der Waals surface area contributed by atoms with Crippen LogP contribution in [0, 0.1) is 0 Å². The first-order valence-electron chi connectivity index (χ1n) is 8.31. The molecule has 0 saturated carbocycles. The Morgan fingerprint density at radius 3 is 2.70 bits per heavy atom. The van der Waals surface area contributed by atoms with E-state index in [0.29, 0.717) is 23.4 Å². The van der Waals surface area contributed by atoms with Crippen LogP contribution in [-0.2, 0) is 6.54 Å². The summed E-state index contributed by atoms with van der Waals surface area (Å²) < 4.78 is 2.15. The number of hydrogen-bond donors (Lipinski definition) is 2. The van der Waals surface area contributed by atoms with E-state index in [1.165, 1.54) is 16.8 Å². The van der Waals surface area contributed by atoms with Crippen molar-refractivity contribution in [3.05, 3.63) is 92.8 Å². The number of aromatic amines is 1. The molecule has 2 aromatic carbocycles. The lowest BCUT2D eigenvalue weighted by molar-refractivity contribution is 0.0952. The largest absolute Gasteiger partial charge is 0.348 e. The summed E-state index contributed by atoms with van der Waals surface area (Å²) in [6, 6.07) is 18.6. The third kappa shape index (κ3) is 3.54. The Kier molecular flexibility index (Phi) is 4.60. The molecule has 1 amide bonds. The molecule has 134 valence electrons. The number of halogens is 1. The molecule has 0 spiro atoms. The Balaban J connectivity index is 1.69. The van der Waals surface area contributed by atoms with Crippen LogP contribution in [0.1, 0.15) is 15.9 Å². The number of carbonyl (C=O) groups excluding carboxylic acids is 1. The quantitative estimate of drug-likeness (QED) is 0.528. The fraction of sp³-hybridized carbons (Fsp3) is 0.0500. The van der Waals surface area contributed by atoms with Crippen molar-refractivity contribution in [2.24, 2.45) is 0 Å². The van der Waals surface area contributed by atoms with Crippen molar-refractivity contribution in [1.82, 2.24) is 19.9 Å². The number of aromatic nitrogens is 3. The topological polar surface area (TPSA) is 79.3 Å². The molecule has 4 rings (SSSR count). The van der Waals surface area contributed by atoms with Gasteiger partial charge in [0.05, 0.1) is 5.69 Å². The number of benzene rings is 2. The number of amides is 1. The smallest absolute Gasteiger partial charge is 0.273 e. The molecule has 0 aliphatic carbocycles. The Morgan fingerprint density at radius 2 is 1.93 bits per heavy atom. The van der Waals surface area contributed by atoms with Crippen molar-refractivity contribution in [1.29, 1.82) is 0 Å². The summed E-state index contributed by atoms with van der Waals surface area (Å²) in [7, 11) is 0. The van der Waals surface area contributed by atoms with E-state index < -0.39 is 0 Å². The van der Waals surface area contributed by atoms with E-state index in [2.05, 4.69) is 31.3 Å². The highest BCUT2D eigenvalue weighted by atomic mass is 79.9. The molecule has 2 N–H and O–H groups in total. The minimum atomic E-state index is -0.295. The molecule has 0 radical (unpaired) electrons. The molecule has 0 aliphatic rings. The molecule has 7 heteroatoms. The maximum absolute atomic E-state index is 12.6. The van der Waals surface area contributed by atoms with E-state index in [-0.39, 0.29) is 11.5 Å². The number of carbonyl (C=O) groups is 1. The fourth-order valence-electron chi connectivity index (χ4n) is 2.82. The van der Waals surface area contributed by atoms with Gasteiger partial charge in [0.15, 0.2) is 5.65 Å². The lowest BCUT2D eigenvalue weighted by atomic mass is 10.1. The van der Waals surface area contributed by atoms with Crippen LogP contribution in [0.4, 0.5) is 0 Å². The van der Waals surface area contributed by atoms with Gasteiger partial charge in [-0.2, -0.15) is 0 Å². The van der Waals surface area contributed by atoms with Gasteiger partial charge in [0.2, 0.25) is 0 Å². The summed E-state index contributed by atoms with van der Waals surface area (Å²) in [5.74, 6) is -0.295. The first-order valence-corrected chi connectivity index (χ1v) is 9.10. The summed E-state index contributed by atoms with van der Waals surface area (Å²) in [4.78, 5) is 29.6. The summed E-state index contributed by atoms with van der Waals surface area (Å²) >= 11 is 3.42. The first kappa shape index (κ1) is 17.2. The van der Waals surface area contributed by atoms with Crippen LogP contribution < -0.4 is 10.9 Å². The van der Waals surface area contributed by atoms with Gasteiger partial charge in [-0.15, -0.1) is 0 Å². The zero-order valence-corrected chi connectivity index (χ0v) is 15.7. The molecular weight excluding hydrogens is 408 g/mol. The zero-order valence-electron chi connectivity index (χ0n) is 14.1. The number of H-pyrrole nitrogens is 1. The molecular formula is C20H15BrN4O2. The number of nitrogens with one attached hydrogen (secondary N) is 2. The van der Waals surface area contributed by atoms with E-state index in [4.69, 9.17) is 0 Å². The van der Waals surface area contributed by atoms with Gasteiger partial charge < -0.3 is 5.32 Å². The molecule has 0 atom stereocenters. The van der Waals surface area contributed by atoms with Gasteiger partial charge in [0.1, 0.15) is 5.56 Å². The van der Waals surface area contributed by atoms with Crippen molar-refractivity contribution in [2.75, 3.05) is 0 Å². The third-order valence-corrected chi connectivity index (χ3v) is 4.65. The highest BCUT2D eigenvalue weighted by Crippen LogP contribution is 2.21. The first-order chi connectivity index (χ1) is 13.1. The van der Waals surface area contributed by atoms with Crippen molar-refractivity contribution < 1.29 is 4.79 Å². The van der Waals surface area contributed by atoms with Crippen LogP contribution >= 0.6 is 15.9 Å². The number of rotatable bonds is 4. The van der Waals surface area contributed by atoms with Crippen molar-refractivity contribution in [3.63, 3.8) is 0 Å². The van der Waals surface area contributed by atoms with Crippen LogP contribution in [-0.4, -0.2) is 20.5 Å². The molecule has 4 aromatic rings. The molecule has 2 heterocycles. The second-order valence-electron chi connectivity index (χ2n) is 6.00. The van der Waals surface area contributed by atoms with Crippen molar-refractivity contribution in [2.45, 2.75) is 6.54 Å². The van der Waals surface area contributed by atoms with E-state index in [1.807, 2.05) is 54.6 Å². The zero-order chi connectivity index (χ0) is 18.8. The second-order valence-corrected chi connectivity index (χ2v) is 6.92. The molecule has 0 unspecified atom stereocenters. The van der Waals surface area contributed by atoms with Gasteiger partial charge in [-0.3, -0.25) is 14.7 Å². The lowest BCUT2D eigenvalue weighted by Crippen LogP contribution is -2.23. The Labute approximate surface area is 163 Å². The van der Waals surface area contributed by atoms with Gasteiger partial charge in [0, 0.05) is 28.8 Å². The minimum absolute atomic E-state index is 0.280. The Bertz CT molecular complexity index is 1180. The predicted octanol–water partition coefficient (Wildman–Crippen LogP) is 3.38. The van der Waals surface area contributed by atoms with Crippen LogP contribution in [0.2, 0.25) is 0 Å². The van der Waals surface area contributed by atoms with Gasteiger partial charge in [-0.05, 0) is 17.7 Å². The maximum Gasteiger partial charge on any atom is 0.273 e. The lowest BCUT2D eigenvalue weighted by Gasteiger charge is -2.05. The molecule has 0 fully saturated rings. The summed E-state index contributed by atoms with van der Waals surface area (Å²) in [6.07, 6.45) is 1.49. The van der Waals surface area contributed by atoms with Gasteiger partial charge >= 0.3 is 0 Å². The van der Waals surface area contributed by atoms with Crippen LogP contribution in [0.25, 0.3) is 16.9 Å². The average Bonchev–Trinajstić information content (AvgIpc) is 3.12. The normalized spacial score (nSPS) is 10.9. The van der Waals surface area contributed by atoms with E-state index in [0.717, 1.165) is 15.6 Å². The van der Waals surface area contributed by atoms with Crippen LogP contribution in [0.3, 0.4) is 0 Å². The molecule has 0 saturated heterocycles. The number of nitrogens with zero attached hydrogens (tertiary/aromatic N) is 2. The highest BCUT2D eigenvalue weighted by molar-refractivity contribution is 9.10. The minimum Gasteiger partial charge on any atom is -0.348 e. The van der Waals surface area contributed by atoms with Crippen molar-refractivity contribution >= 4 is 27.5 Å². The van der Waals surface area contributed by atoms with Crippen LogP contribution in [0.15, 0.2) is 76.1 Å². The van der Waals surface area contributed by atoms with Gasteiger partial charge in [-0.25, -0.2) is 9.50 Å². The Hall–Kier alpha value is -3.19. The van der Waals surface area contributed by atoms with Crippen LogP contribution in [0.5, 0.6) is 0 Å². The Morgan fingerprint density at radius 1 is 1.11 bits per heavy atom. The van der Waals surface area contributed by atoms with E-state index in [1.54, 1.807) is 0 Å². The molecule has 2 aromatic heterocycles. The summed E-state index contributed by atoms with van der Waals surface area (Å²) in [6.45, 7) is 0.395. The van der Waals surface area contributed by atoms with E-state index >= 15 is 0 Å². The number of fused-ring (bicyclic) bond motifs is 1. The van der Waals surface area contributed by atoms with E-state index in [9.17, 15) is 9.59 Å². The fourth-order valence-corrected chi connectivity index (χ4v) is 3.22. The van der Waals surface area contributed by atoms with Gasteiger partial charge in [-0.1, -0.05) is 58.4 Å². The number of hydrogen-bond acceptors (Lipinski definition) is 3. The maximum atomic E-state index is 12.6. The molecule has 6 nitrogen and oxygen atoms in total.